The molecule has 2 N–H and O–H groups in total. The third kappa shape index (κ3) is 1.85. The highest BCUT2D eigenvalue weighted by atomic mass is 14.7. The minimum Gasteiger partial charge on any atom is -0.327 e. The van der Waals surface area contributed by atoms with E-state index in [-0.39, 0.29) is 0 Å². The predicted molar refractivity (Wildman–Crippen MR) is 75.2 cm³/mol. The maximum absolute atomic E-state index is 6.75. The Morgan fingerprint density at radius 3 is 1.89 bits per heavy atom. The Bertz CT molecular complexity index is 280. The van der Waals surface area contributed by atoms with E-state index in [0.29, 0.717) is 11.5 Å². The molecule has 18 heavy (non-hydrogen) atoms. The van der Waals surface area contributed by atoms with Crippen LogP contribution < -0.4 is 5.73 Å². The first-order valence-corrected chi connectivity index (χ1v) is 8.49. The summed E-state index contributed by atoms with van der Waals surface area (Å²) in [5.74, 6) is 4.16. The Morgan fingerprint density at radius 2 is 1.39 bits per heavy atom. The highest BCUT2D eigenvalue weighted by molar-refractivity contribution is 5.05. The topological polar surface area (TPSA) is 26.0 Å². The SMILES string of the molecule is NC(CC1CCCC1)C12CC3CC(CC(C3)C1)C2. The van der Waals surface area contributed by atoms with Gasteiger partial charge in [-0.1, -0.05) is 25.7 Å². The summed E-state index contributed by atoms with van der Waals surface area (Å²) >= 11 is 0. The van der Waals surface area contributed by atoms with Gasteiger partial charge in [0.1, 0.15) is 0 Å². The van der Waals surface area contributed by atoms with Crippen LogP contribution in [0.4, 0.5) is 0 Å². The van der Waals surface area contributed by atoms with Crippen LogP contribution in [-0.2, 0) is 0 Å². The summed E-state index contributed by atoms with van der Waals surface area (Å²) in [5, 5.41) is 0. The molecular weight excluding hydrogens is 218 g/mol. The zero-order valence-electron chi connectivity index (χ0n) is 11.7. The van der Waals surface area contributed by atoms with Crippen LogP contribution in [0, 0.1) is 29.1 Å². The zero-order valence-corrected chi connectivity index (χ0v) is 11.7. The molecule has 0 aromatic rings. The molecule has 4 bridgehead atoms. The van der Waals surface area contributed by atoms with E-state index < -0.39 is 0 Å². The molecule has 5 aliphatic rings. The second kappa shape index (κ2) is 4.23. The van der Waals surface area contributed by atoms with Gasteiger partial charge in [0.2, 0.25) is 0 Å². The fourth-order valence-electron chi connectivity index (χ4n) is 6.49. The Balaban J connectivity index is 1.48. The van der Waals surface area contributed by atoms with Crippen molar-refractivity contribution in [2.24, 2.45) is 34.8 Å². The first kappa shape index (κ1) is 11.8. The van der Waals surface area contributed by atoms with Crippen molar-refractivity contribution in [1.82, 2.24) is 0 Å². The number of hydrogen-bond donors (Lipinski definition) is 1. The summed E-state index contributed by atoms with van der Waals surface area (Å²) in [6.07, 6.45) is 16.4. The van der Waals surface area contributed by atoms with Crippen LogP contribution in [0.15, 0.2) is 0 Å². The van der Waals surface area contributed by atoms with Gasteiger partial charge in [0.15, 0.2) is 0 Å². The summed E-state index contributed by atoms with van der Waals surface area (Å²) in [6.45, 7) is 0. The van der Waals surface area contributed by atoms with Gasteiger partial charge in [-0.2, -0.15) is 0 Å². The van der Waals surface area contributed by atoms with Gasteiger partial charge < -0.3 is 5.73 Å². The number of rotatable bonds is 3. The molecule has 0 radical (unpaired) electrons. The van der Waals surface area contributed by atoms with Crippen LogP contribution >= 0.6 is 0 Å². The molecule has 0 aromatic heterocycles. The van der Waals surface area contributed by atoms with Crippen molar-refractivity contribution in [1.29, 1.82) is 0 Å². The van der Waals surface area contributed by atoms with Gasteiger partial charge in [-0.25, -0.2) is 0 Å². The predicted octanol–water partition coefficient (Wildman–Crippen LogP) is 4.11. The zero-order chi connectivity index (χ0) is 12.2. The van der Waals surface area contributed by atoms with Gasteiger partial charge in [0, 0.05) is 6.04 Å². The van der Waals surface area contributed by atoms with Gasteiger partial charge in [-0.3, -0.25) is 0 Å². The number of nitrogens with two attached hydrogens (primary N) is 1. The van der Waals surface area contributed by atoms with Crippen LogP contribution in [0.1, 0.15) is 70.6 Å². The molecule has 1 unspecified atom stereocenters. The Morgan fingerprint density at radius 1 is 0.889 bits per heavy atom. The average molecular weight is 247 g/mol. The van der Waals surface area contributed by atoms with Crippen LogP contribution in [0.5, 0.6) is 0 Å². The lowest BCUT2D eigenvalue weighted by atomic mass is 9.47. The molecule has 1 nitrogen and oxygen atoms in total. The standard InChI is InChI=1S/C17H29N/c18-16(8-12-3-1-2-4-12)17-9-13-5-14(10-17)7-15(6-13)11-17/h12-16H,1-11,18H2. The highest BCUT2D eigenvalue weighted by Gasteiger charge is 2.53. The molecule has 0 amide bonds. The molecule has 0 aliphatic heterocycles. The average Bonchev–Trinajstić information content (AvgIpc) is 2.79. The van der Waals surface area contributed by atoms with Crippen molar-refractivity contribution in [3.8, 4) is 0 Å². The van der Waals surface area contributed by atoms with E-state index >= 15 is 0 Å². The summed E-state index contributed by atoms with van der Waals surface area (Å²) in [6, 6.07) is 0.536. The molecule has 0 heterocycles. The summed E-state index contributed by atoms with van der Waals surface area (Å²) in [4.78, 5) is 0. The van der Waals surface area contributed by atoms with Crippen molar-refractivity contribution in [3.05, 3.63) is 0 Å². The molecule has 5 rings (SSSR count). The van der Waals surface area contributed by atoms with Crippen LogP contribution in [0.25, 0.3) is 0 Å². The monoisotopic (exact) mass is 247 g/mol. The van der Waals surface area contributed by atoms with Crippen LogP contribution in [0.3, 0.4) is 0 Å². The van der Waals surface area contributed by atoms with Crippen molar-refractivity contribution in [3.63, 3.8) is 0 Å². The molecule has 1 heteroatoms. The summed E-state index contributed by atoms with van der Waals surface area (Å²) in [7, 11) is 0. The first-order chi connectivity index (χ1) is 8.73. The molecule has 102 valence electrons. The lowest BCUT2D eigenvalue weighted by Gasteiger charge is -2.59. The molecule has 5 saturated carbocycles. The largest absolute Gasteiger partial charge is 0.327 e. The van der Waals surface area contributed by atoms with Gasteiger partial charge in [0.05, 0.1) is 0 Å². The van der Waals surface area contributed by atoms with Gasteiger partial charge in [-0.15, -0.1) is 0 Å². The molecule has 1 atom stereocenters. The van der Waals surface area contributed by atoms with Gasteiger partial charge in [0.25, 0.3) is 0 Å². The van der Waals surface area contributed by atoms with Crippen molar-refractivity contribution < 1.29 is 0 Å². The van der Waals surface area contributed by atoms with Crippen LogP contribution in [-0.4, -0.2) is 6.04 Å². The van der Waals surface area contributed by atoms with Crippen molar-refractivity contribution in [2.75, 3.05) is 0 Å². The highest BCUT2D eigenvalue weighted by Crippen LogP contribution is 2.61. The van der Waals surface area contributed by atoms with E-state index in [0.717, 1.165) is 23.7 Å². The maximum atomic E-state index is 6.75. The minimum absolute atomic E-state index is 0.536. The smallest absolute Gasteiger partial charge is 0.00985 e. The van der Waals surface area contributed by atoms with Gasteiger partial charge >= 0.3 is 0 Å². The first-order valence-electron chi connectivity index (χ1n) is 8.49. The van der Waals surface area contributed by atoms with E-state index in [9.17, 15) is 0 Å². The Hall–Kier alpha value is -0.0400. The van der Waals surface area contributed by atoms with Crippen molar-refractivity contribution >= 4 is 0 Å². The molecule has 5 fully saturated rings. The van der Waals surface area contributed by atoms with E-state index in [4.69, 9.17) is 5.73 Å². The second-order valence-electron chi connectivity index (χ2n) is 8.27. The van der Waals surface area contributed by atoms with E-state index in [1.807, 2.05) is 0 Å². The van der Waals surface area contributed by atoms with E-state index in [1.165, 1.54) is 51.4 Å². The minimum atomic E-state index is 0.536. The second-order valence-corrected chi connectivity index (χ2v) is 8.27. The van der Waals surface area contributed by atoms with Crippen LogP contribution in [0.2, 0.25) is 0 Å². The fraction of sp³-hybridized carbons (Fsp3) is 1.00. The lowest BCUT2D eigenvalue weighted by Crippen LogP contribution is -2.54. The molecular formula is C17H29N. The molecule has 0 saturated heterocycles. The van der Waals surface area contributed by atoms with Crippen molar-refractivity contribution in [2.45, 2.75) is 76.7 Å². The molecule has 0 aromatic carbocycles. The fourth-order valence-corrected chi connectivity index (χ4v) is 6.49. The molecule has 5 aliphatic carbocycles. The third-order valence-electron chi connectivity index (χ3n) is 6.93. The summed E-state index contributed by atoms with van der Waals surface area (Å²) < 4.78 is 0. The quantitative estimate of drug-likeness (QED) is 0.798. The van der Waals surface area contributed by atoms with E-state index in [2.05, 4.69) is 0 Å². The number of hydrogen-bond acceptors (Lipinski definition) is 1. The lowest BCUT2D eigenvalue weighted by molar-refractivity contribution is -0.0703. The molecule has 0 spiro atoms. The Kier molecular flexibility index (Phi) is 2.76. The van der Waals surface area contributed by atoms with E-state index in [1.54, 1.807) is 19.3 Å². The summed E-state index contributed by atoms with van der Waals surface area (Å²) in [5.41, 5.74) is 7.35. The normalized spacial score (nSPS) is 48.8. The van der Waals surface area contributed by atoms with Gasteiger partial charge in [-0.05, 0) is 74.0 Å². The third-order valence-corrected chi connectivity index (χ3v) is 6.93. The maximum Gasteiger partial charge on any atom is 0.00985 e. The Labute approximate surface area is 112 Å².